The summed E-state index contributed by atoms with van der Waals surface area (Å²) in [5.41, 5.74) is -0.132. The van der Waals surface area contributed by atoms with Crippen LogP contribution < -0.4 is 10.6 Å². The van der Waals surface area contributed by atoms with Crippen molar-refractivity contribution in [3.8, 4) is 0 Å². The Kier molecular flexibility index (Phi) is 5.92. The molecule has 0 aromatic rings. The first-order valence-corrected chi connectivity index (χ1v) is 6.59. The predicted octanol–water partition coefficient (Wildman–Crippen LogP) is 1.45. The molecule has 2 N–H and O–H groups in total. The van der Waals surface area contributed by atoms with Crippen LogP contribution in [0.2, 0.25) is 0 Å². The van der Waals surface area contributed by atoms with E-state index in [0.29, 0.717) is 12.5 Å². The maximum atomic E-state index is 11.6. The first-order chi connectivity index (χ1) is 7.97. The molecule has 100 valence electrons. The lowest BCUT2D eigenvalue weighted by molar-refractivity contribution is -0.122. The Balaban J connectivity index is 2.12. The molecule has 1 saturated heterocycles. The van der Waals surface area contributed by atoms with Crippen LogP contribution in [0.15, 0.2) is 0 Å². The summed E-state index contributed by atoms with van der Waals surface area (Å²) in [6.45, 7) is 8.48. The van der Waals surface area contributed by atoms with E-state index in [9.17, 15) is 4.79 Å². The summed E-state index contributed by atoms with van der Waals surface area (Å²) in [4.78, 5) is 11.6. The molecule has 1 heterocycles. The van der Waals surface area contributed by atoms with Crippen LogP contribution in [-0.4, -0.2) is 37.2 Å². The molecule has 0 bridgehead atoms. The van der Waals surface area contributed by atoms with Crippen LogP contribution in [0.4, 0.5) is 0 Å². The van der Waals surface area contributed by atoms with Gasteiger partial charge < -0.3 is 15.4 Å². The molecule has 0 aromatic carbocycles. The van der Waals surface area contributed by atoms with Gasteiger partial charge in [0.15, 0.2) is 0 Å². The Morgan fingerprint density at radius 2 is 2.06 bits per heavy atom. The van der Waals surface area contributed by atoms with Crippen LogP contribution in [0.25, 0.3) is 0 Å². The lowest BCUT2D eigenvalue weighted by atomic mass is 10.1. The lowest BCUT2D eigenvalue weighted by Crippen LogP contribution is -2.42. The third-order valence-electron chi connectivity index (χ3n) is 2.75. The zero-order valence-corrected chi connectivity index (χ0v) is 11.3. The number of rotatable bonds is 4. The van der Waals surface area contributed by atoms with Gasteiger partial charge in [-0.3, -0.25) is 4.79 Å². The van der Waals surface area contributed by atoms with Crippen LogP contribution >= 0.6 is 0 Å². The van der Waals surface area contributed by atoms with Gasteiger partial charge in [-0.1, -0.05) is 0 Å². The Hall–Kier alpha value is -0.610. The normalized spacial score (nSPS) is 21.9. The monoisotopic (exact) mass is 242 g/mol. The van der Waals surface area contributed by atoms with E-state index in [1.165, 1.54) is 0 Å². The van der Waals surface area contributed by atoms with Crippen molar-refractivity contribution in [2.75, 3.05) is 19.8 Å². The van der Waals surface area contributed by atoms with Crippen molar-refractivity contribution in [3.05, 3.63) is 0 Å². The molecule has 4 nitrogen and oxygen atoms in total. The molecule has 1 aliphatic heterocycles. The summed E-state index contributed by atoms with van der Waals surface area (Å²) < 4.78 is 5.40. The van der Waals surface area contributed by atoms with E-state index in [2.05, 4.69) is 10.6 Å². The lowest BCUT2D eigenvalue weighted by Gasteiger charge is -2.21. The van der Waals surface area contributed by atoms with Gasteiger partial charge in [-0.2, -0.15) is 0 Å². The van der Waals surface area contributed by atoms with Crippen molar-refractivity contribution in [1.82, 2.24) is 10.6 Å². The van der Waals surface area contributed by atoms with Crippen LogP contribution in [0.5, 0.6) is 0 Å². The molecule has 4 heteroatoms. The fourth-order valence-electron chi connectivity index (χ4n) is 1.98. The van der Waals surface area contributed by atoms with Crippen molar-refractivity contribution >= 4 is 5.91 Å². The average Bonchev–Trinajstić information content (AvgIpc) is 2.43. The minimum atomic E-state index is -0.132. The summed E-state index contributed by atoms with van der Waals surface area (Å²) >= 11 is 0. The minimum absolute atomic E-state index is 0.120. The summed E-state index contributed by atoms with van der Waals surface area (Å²) in [5, 5.41) is 6.40. The molecule has 17 heavy (non-hydrogen) atoms. The van der Waals surface area contributed by atoms with Gasteiger partial charge in [0.1, 0.15) is 0 Å². The second-order valence-corrected chi connectivity index (χ2v) is 5.74. The van der Waals surface area contributed by atoms with E-state index in [1.807, 2.05) is 20.8 Å². The van der Waals surface area contributed by atoms with E-state index in [1.54, 1.807) is 0 Å². The van der Waals surface area contributed by atoms with E-state index < -0.39 is 0 Å². The highest BCUT2D eigenvalue weighted by Gasteiger charge is 2.15. The number of hydrogen-bond acceptors (Lipinski definition) is 3. The maximum absolute atomic E-state index is 11.6. The van der Waals surface area contributed by atoms with Gasteiger partial charge in [0, 0.05) is 37.8 Å². The van der Waals surface area contributed by atoms with Crippen molar-refractivity contribution in [2.24, 2.45) is 0 Å². The van der Waals surface area contributed by atoms with Gasteiger partial charge in [-0.05, 0) is 40.0 Å². The third kappa shape index (κ3) is 7.34. The van der Waals surface area contributed by atoms with Crippen LogP contribution in [0.1, 0.15) is 46.5 Å². The Labute approximate surface area is 104 Å². The predicted molar refractivity (Wildman–Crippen MR) is 69.0 cm³/mol. The molecular weight excluding hydrogens is 216 g/mol. The summed E-state index contributed by atoms with van der Waals surface area (Å²) in [6.07, 6.45) is 3.88. The zero-order valence-electron chi connectivity index (χ0n) is 11.3. The van der Waals surface area contributed by atoms with Gasteiger partial charge in [0.25, 0.3) is 0 Å². The topological polar surface area (TPSA) is 50.4 Å². The number of ether oxygens (including phenoxy) is 1. The van der Waals surface area contributed by atoms with Gasteiger partial charge in [-0.15, -0.1) is 0 Å². The van der Waals surface area contributed by atoms with Crippen molar-refractivity contribution in [1.29, 1.82) is 0 Å². The van der Waals surface area contributed by atoms with Gasteiger partial charge in [-0.25, -0.2) is 0 Å². The molecule has 0 spiro atoms. The van der Waals surface area contributed by atoms with Crippen LogP contribution in [0.3, 0.4) is 0 Å². The fraction of sp³-hybridized carbons (Fsp3) is 0.923. The quantitative estimate of drug-likeness (QED) is 0.784. The maximum Gasteiger partial charge on any atom is 0.221 e. The number of amides is 1. The van der Waals surface area contributed by atoms with E-state index in [0.717, 1.165) is 39.0 Å². The van der Waals surface area contributed by atoms with E-state index in [4.69, 9.17) is 4.74 Å². The third-order valence-corrected chi connectivity index (χ3v) is 2.75. The van der Waals surface area contributed by atoms with Crippen molar-refractivity contribution < 1.29 is 9.53 Å². The number of nitrogens with one attached hydrogen (secondary N) is 2. The minimum Gasteiger partial charge on any atom is -0.381 e. The van der Waals surface area contributed by atoms with Gasteiger partial charge >= 0.3 is 0 Å². The van der Waals surface area contributed by atoms with Crippen molar-refractivity contribution in [2.45, 2.75) is 58.0 Å². The Morgan fingerprint density at radius 3 is 2.76 bits per heavy atom. The molecular formula is C13H26N2O2. The van der Waals surface area contributed by atoms with Crippen molar-refractivity contribution in [3.63, 3.8) is 0 Å². The molecule has 1 aliphatic rings. The summed E-state index contributed by atoms with van der Waals surface area (Å²) in [5.74, 6) is 0.120. The highest BCUT2D eigenvalue weighted by atomic mass is 16.5. The molecule has 1 unspecified atom stereocenters. The SMILES string of the molecule is CC(C)(C)NC(=O)CCNC1CCCOCC1. The number of hydrogen-bond donors (Lipinski definition) is 2. The largest absolute Gasteiger partial charge is 0.381 e. The van der Waals surface area contributed by atoms with E-state index >= 15 is 0 Å². The molecule has 1 atom stereocenters. The first-order valence-electron chi connectivity index (χ1n) is 6.59. The second-order valence-electron chi connectivity index (χ2n) is 5.74. The molecule has 0 aliphatic carbocycles. The number of carbonyl (C=O) groups is 1. The highest BCUT2D eigenvalue weighted by Crippen LogP contribution is 2.07. The average molecular weight is 242 g/mol. The fourth-order valence-corrected chi connectivity index (χ4v) is 1.98. The van der Waals surface area contributed by atoms with Gasteiger partial charge in [0.05, 0.1) is 0 Å². The zero-order chi connectivity index (χ0) is 12.7. The smallest absolute Gasteiger partial charge is 0.221 e. The van der Waals surface area contributed by atoms with E-state index in [-0.39, 0.29) is 11.4 Å². The molecule has 0 aromatic heterocycles. The molecule has 0 radical (unpaired) electrons. The summed E-state index contributed by atoms with van der Waals surface area (Å²) in [7, 11) is 0. The van der Waals surface area contributed by atoms with Crippen LogP contribution in [-0.2, 0) is 9.53 Å². The molecule has 1 amide bonds. The molecule has 0 saturated carbocycles. The second kappa shape index (κ2) is 6.97. The standard InChI is InChI=1S/C13H26N2O2/c1-13(2,3)15-12(16)6-8-14-11-5-4-9-17-10-7-11/h11,14H,4-10H2,1-3H3,(H,15,16). The Bertz CT molecular complexity index is 228. The molecule has 1 fully saturated rings. The summed E-state index contributed by atoms with van der Waals surface area (Å²) in [6, 6.07) is 0.514. The van der Waals surface area contributed by atoms with Gasteiger partial charge in [0.2, 0.25) is 5.91 Å². The molecule has 1 rings (SSSR count). The van der Waals surface area contributed by atoms with Crippen LogP contribution in [0, 0.1) is 0 Å². The number of carbonyl (C=O) groups excluding carboxylic acids is 1. The highest BCUT2D eigenvalue weighted by molar-refractivity contribution is 5.76. The Morgan fingerprint density at radius 1 is 1.29 bits per heavy atom. The first kappa shape index (κ1) is 14.5.